The van der Waals surface area contributed by atoms with Crippen LogP contribution < -0.4 is 5.11 Å². The molecule has 0 aromatic carbocycles. The van der Waals surface area contributed by atoms with E-state index >= 15 is 0 Å². The summed E-state index contributed by atoms with van der Waals surface area (Å²) in [6.07, 6.45) is 7.70. The molecule has 1 N–H and O–H groups in total. The molecule has 0 aromatic rings. The minimum absolute atomic E-state index is 0.344. The highest BCUT2D eigenvalue weighted by Crippen LogP contribution is 2.14. The Labute approximate surface area is 144 Å². The van der Waals surface area contributed by atoms with Crippen LogP contribution in [0.1, 0.15) is 80.1 Å². The average Bonchev–Trinajstić information content (AvgIpc) is 2.48. The van der Waals surface area contributed by atoms with Crippen LogP contribution in [0.25, 0.3) is 0 Å². The summed E-state index contributed by atoms with van der Waals surface area (Å²) < 4.78 is 1.16. The van der Waals surface area contributed by atoms with E-state index in [-0.39, 0.29) is 0 Å². The fraction of sp³-hybridized carbons (Fsp3) is 0.947. The molecule has 4 heteroatoms. The molecule has 0 aliphatic rings. The Morgan fingerprint density at radius 1 is 0.870 bits per heavy atom. The average molecular weight is 332 g/mol. The highest BCUT2D eigenvalue weighted by atomic mass is 16.4. The number of carboxylic acids is 1. The molecule has 140 valence electrons. The van der Waals surface area contributed by atoms with Crippen LogP contribution in [0.15, 0.2) is 0 Å². The SMILES string of the molecule is CC(C)(C)C(=O)[O-].CCCC[N+](CCO)(CCCC)CCCC. The van der Waals surface area contributed by atoms with Crippen LogP contribution >= 0.6 is 0 Å². The van der Waals surface area contributed by atoms with Crippen LogP contribution in [0.4, 0.5) is 0 Å². The summed E-state index contributed by atoms with van der Waals surface area (Å²) in [6, 6.07) is 0. The molecule has 0 saturated carbocycles. The van der Waals surface area contributed by atoms with Crippen molar-refractivity contribution in [3.63, 3.8) is 0 Å². The minimum atomic E-state index is -1.01. The van der Waals surface area contributed by atoms with Crippen molar-refractivity contribution in [2.24, 2.45) is 5.41 Å². The first-order valence-electron chi connectivity index (χ1n) is 9.36. The smallest absolute Gasteiger partial charge is 0.102 e. The number of hydrogen-bond donors (Lipinski definition) is 1. The Morgan fingerprint density at radius 3 is 1.35 bits per heavy atom. The minimum Gasteiger partial charge on any atom is -0.550 e. The van der Waals surface area contributed by atoms with Gasteiger partial charge < -0.3 is 19.5 Å². The van der Waals surface area contributed by atoms with Gasteiger partial charge in [-0.15, -0.1) is 0 Å². The molecular formula is C19H41NO3. The van der Waals surface area contributed by atoms with Crippen molar-refractivity contribution in [2.75, 3.05) is 32.8 Å². The number of carbonyl (C=O) groups excluding carboxylic acids is 1. The lowest BCUT2D eigenvalue weighted by Crippen LogP contribution is -2.51. The van der Waals surface area contributed by atoms with E-state index in [1.54, 1.807) is 20.8 Å². The van der Waals surface area contributed by atoms with Crippen molar-refractivity contribution in [2.45, 2.75) is 80.1 Å². The van der Waals surface area contributed by atoms with Gasteiger partial charge in [-0.3, -0.25) is 0 Å². The summed E-state index contributed by atoms with van der Waals surface area (Å²) in [7, 11) is 0. The molecule has 23 heavy (non-hydrogen) atoms. The maximum Gasteiger partial charge on any atom is 0.102 e. The third-order valence-corrected chi connectivity index (χ3v) is 4.14. The molecule has 0 saturated heterocycles. The number of nitrogens with zero attached hydrogens (tertiary/aromatic N) is 1. The van der Waals surface area contributed by atoms with Crippen LogP contribution in [0.5, 0.6) is 0 Å². The zero-order chi connectivity index (χ0) is 18.4. The van der Waals surface area contributed by atoms with E-state index in [4.69, 9.17) is 0 Å². The molecular weight excluding hydrogens is 290 g/mol. The van der Waals surface area contributed by atoms with Gasteiger partial charge >= 0.3 is 0 Å². The van der Waals surface area contributed by atoms with Crippen LogP contribution in [-0.4, -0.2) is 48.3 Å². The summed E-state index contributed by atoms with van der Waals surface area (Å²) in [5, 5.41) is 19.2. The van der Waals surface area contributed by atoms with Crippen LogP contribution in [-0.2, 0) is 4.79 Å². The first-order valence-corrected chi connectivity index (χ1v) is 9.36. The van der Waals surface area contributed by atoms with E-state index in [1.165, 1.54) is 58.2 Å². The molecule has 0 spiro atoms. The normalized spacial score (nSPS) is 11.8. The van der Waals surface area contributed by atoms with Gasteiger partial charge in [0.1, 0.15) is 6.54 Å². The second-order valence-electron chi connectivity index (χ2n) is 7.56. The fourth-order valence-corrected chi connectivity index (χ4v) is 2.36. The number of rotatable bonds is 11. The maximum absolute atomic E-state index is 9.91. The number of aliphatic hydroxyl groups excluding tert-OH is 1. The topological polar surface area (TPSA) is 60.4 Å². The van der Waals surface area contributed by atoms with Crippen molar-refractivity contribution in [3.05, 3.63) is 0 Å². The van der Waals surface area contributed by atoms with Gasteiger partial charge in [0, 0.05) is 11.4 Å². The Bertz CT molecular complexity index is 263. The van der Waals surface area contributed by atoms with E-state index in [2.05, 4.69) is 20.8 Å². The molecule has 0 rings (SSSR count). The molecule has 0 aromatic heterocycles. The van der Waals surface area contributed by atoms with Crippen LogP contribution in [0.3, 0.4) is 0 Å². The van der Waals surface area contributed by atoms with E-state index in [0.29, 0.717) is 6.61 Å². The third-order valence-electron chi connectivity index (χ3n) is 4.14. The van der Waals surface area contributed by atoms with Crippen molar-refractivity contribution in [1.29, 1.82) is 0 Å². The molecule has 0 unspecified atom stereocenters. The standard InChI is InChI=1S/C14H32NO.C5H10O2/c1-4-7-10-15(13-14-16,11-8-5-2)12-9-6-3;1-5(2,3)4(6)7/h16H,4-14H2,1-3H3;1-3H3,(H,6,7)/q+1;/p-1. The van der Waals surface area contributed by atoms with Crippen LogP contribution in [0, 0.1) is 5.41 Å². The Kier molecular flexibility index (Phi) is 14.8. The van der Waals surface area contributed by atoms with E-state index in [1.807, 2.05) is 0 Å². The van der Waals surface area contributed by atoms with Gasteiger partial charge in [0.25, 0.3) is 0 Å². The zero-order valence-corrected chi connectivity index (χ0v) is 16.5. The Balaban J connectivity index is 0. The quantitative estimate of drug-likeness (QED) is 0.592. The van der Waals surface area contributed by atoms with Gasteiger partial charge in [-0.2, -0.15) is 0 Å². The Morgan fingerprint density at radius 2 is 1.17 bits per heavy atom. The third kappa shape index (κ3) is 13.5. The number of aliphatic hydroxyl groups is 1. The summed E-state index contributed by atoms with van der Waals surface area (Å²) in [5.74, 6) is -1.01. The van der Waals surface area contributed by atoms with E-state index < -0.39 is 11.4 Å². The number of hydrogen-bond acceptors (Lipinski definition) is 3. The molecule has 0 radical (unpaired) electrons. The molecule has 0 heterocycles. The van der Waals surface area contributed by atoms with Gasteiger partial charge in [-0.05, 0) is 19.3 Å². The van der Waals surface area contributed by atoms with Crippen molar-refractivity contribution in [1.82, 2.24) is 0 Å². The number of quaternary nitrogens is 1. The van der Waals surface area contributed by atoms with Gasteiger partial charge in [0.15, 0.2) is 0 Å². The highest BCUT2D eigenvalue weighted by Gasteiger charge is 2.24. The maximum atomic E-state index is 9.91. The van der Waals surface area contributed by atoms with Crippen molar-refractivity contribution < 1.29 is 19.5 Å². The molecule has 0 fully saturated rings. The van der Waals surface area contributed by atoms with Gasteiger partial charge in [-0.1, -0.05) is 60.8 Å². The second kappa shape index (κ2) is 13.8. The number of carboxylic acid groups (broad SMARTS) is 1. The fourth-order valence-electron chi connectivity index (χ4n) is 2.36. The summed E-state index contributed by atoms with van der Waals surface area (Å²) in [6.45, 7) is 16.7. The molecule has 4 nitrogen and oxygen atoms in total. The predicted molar refractivity (Wildman–Crippen MR) is 96.0 cm³/mol. The predicted octanol–water partition coefficient (Wildman–Crippen LogP) is 2.98. The summed E-state index contributed by atoms with van der Waals surface area (Å²) in [5.41, 5.74) is -0.694. The van der Waals surface area contributed by atoms with Gasteiger partial charge in [-0.25, -0.2) is 0 Å². The molecule has 0 atom stereocenters. The van der Waals surface area contributed by atoms with Gasteiger partial charge in [0.05, 0.1) is 26.2 Å². The zero-order valence-electron chi connectivity index (χ0n) is 16.5. The van der Waals surface area contributed by atoms with E-state index in [0.717, 1.165) is 11.0 Å². The number of unbranched alkanes of at least 4 members (excludes halogenated alkanes) is 3. The second-order valence-corrected chi connectivity index (χ2v) is 7.56. The summed E-state index contributed by atoms with van der Waals surface area (Å²) >= 11 is 0. The highest BCUT2D eigenvalue weighted by molar-refractivity contribution is 5.70. The lowest BCUT2D eigenvalue weighted by atomic mass is 9.98. The lowest BCUT2D eigenvalue weighted by Gasteiger charge is -2.38. The van der Waals surface area contributed by atoms with Gasteiger partial charge in [0.2, 0.25) is 0 Å². The van der Waals surface area contributed by atoms with Crippen molar-refractivity contribution >= 4 is 5.97 Å². The van der Waals surface area contributed by atoms with Crippen LogP contribution in [0.2, 0.25) is 0 Å². The lowest BCUT2D eigenvalue weighted by molar-refractivity contribution is -0.929. The first-order chi connectivity index (χ1) is 10.7. The Hall–Kier alpha value is -0.610. The molecule has 0 amide bonds. The molecule has 0 aliphatic carbocycles. The number of aliphatic carboxylic acids is 1. The summed E-state index contributed by atoms with van der Waals surface area (Å²) in [4.78, 5) is 9.91. The number of carbonyl (C=O) groups is 1. The molecule has 0 bridgehead atoms. The first kappa shape index (κ1) is 24.6. The van der Waals surface area contributed by atoms with Crippen molar-refractivity contribution in [3.8, 4) is 0 Å². The molecule has 0 aliphatic heterocycles. The van der Waals surface area contributed by atoms with E-state index in [9.17, 15) is 15.0 Å². The monoisotopic (exact) mass is 331 g/mol. The largest absolute Gasteiger partial charge is 0.550 e.